The normalized spacial score (nSPS) is 14.2. The number of piperazine rings is 1. The number of benzene rings is 7. The molecule has 0 unspecified atom stereocenters. The van der Waals surface area contributed by atoms with E-state index in [0.29, 0.717) is 117 Å². The molecule has 642 valence electrons. The summed E-state index contributed by atoms with van der Waals surface area (Å²) in [5.74, 6) is 6.05. The summed E-state index contributed by atoms with van der Waals surface area (Å²) in [6.07, 6.45) is 9.36. The fourth-order valence-electron chi connectivity index (χ4n) is 14.5. The first kappa shape index (κ1) is 87.0. The van der Waals surface area contributed by atoms with Gasteiger partial charge in [0.05, 0.1) is 118 Å². The fraction of sp³-hybridized carbons (Fsp3) is 0.275. The van der Waals surface area contributed by atoms with Crippen molar-refractivity contribution in [3.63, 3.8) is 0 Å². The molecule has 2 saturated heterocycles. The number of likely N-dealkylation sites (N-methyl/N-ethyl adjacent to an activating group) is 1. The molecule has 10 aromatic rings. The molecule has 5 aliphatic heterocycles. The van der Waals surface area contributed by atoms with Gasteiger partial charge in [0, 0.05) is 179 Å². The summed E-state index contributed by atoms with van der Waals surface area (Å²) in [6.45, 7) is 21.8. The fourth-order valence-corrected chi connectivity index (χ4v) is 14.5. The molecule has 2 fully saturated rings. The number of ether oxygens (including phenoxy) is 8. The Kier molecular flexibility index (Phi) is 28.1. The van der Waals surface area contributed by atoms with Crippen LogP contribution in [0.3, 0.4) is 0 Å². The van der Waals surface area contributed by atoms with Crippen LogP contribution in [0.1, 0.15) is 40.3 Å². The first-order valence-corrected chi connectivity index (χ1v) is 39.9. The van der Waals surface area contributed by atoms with Crippen molar-refractivity contribution in [1.29, 1.82) is 0 Å². The average molecular weight is 1680 g/mol. The van der Waals surface area contributed by atoms with Gasteiger partial charge in [-0.15, -0.1) is 0 Å². The minimum Gasteiger partial charge on any atom is -0.497 e. The van der Waals surface area contributed by atoms with Gasteiger partial charge >= 0.3 is 18.1 Å². The molecule has 4 N–H and O–H groups in total. The Hall–Kier alpha value is -14.9. The van der Waals surface area contributed by atoms with Crippen molar-refractivity contribution in [3.05, 3.63) is 229 Å². The van der Waals surface area contributed by atoms with Crippen LogP contribution in [-0.4, -0.2) is 193 Å². The number of nitrogens with one attached hydrogen (secondary N) is 4. The van der Waals surface area contributed by atoms with Crippen LogP contribution in [-0.2, 0) is 58.1 Å². The lowest BCUT2D eigenvalue weighted by atomic mass is 10.0. The molecule has 15 rings (SSSR count). The molecule has 0 atom stereocenters. The highest BCUT2D eigenvalue weighted by Gasteiger charge is 2.37. The molecule has 0 bridgehead atoms. The molecule has 0 spiro atoms. The molecular formula is C91H99N19O14. The Bertz CT molecular complexity index is 5560. The van der Waals surface area contributed by atoms with E-state index in [4.69, 9.17) is 47.9 Å². The second-order valence-corrected chi connectivity index (χ2v) is 29.0. The number of hydrogen-bond acceptors (Lipinski definition) is 26. The molecule has 3 aromatic heterocycles. The van der Waals surface area contributed by atoms with Crippen LogP contribution in [0.2, 0.25) is 0 Å². The minimum atomic E-state index is -0.346. The van der Waals surface area contributed by atoms with E-state index in [-0.39, 0.29) is 80.5 Å². The smallest absolute Gasteiger partial charge is 0.330 e. The molecule has 0 aliphatic carbocycles. The lowest BCUT2D eigenvalue weighted by molar-refractivity contribution is -0.114. The van der Waals surface area contributed by atoms with Crippen molar-refractivity contribution in [2.24, 2.45) is 0 Å². The van der Waals surface area contributed by atoms with Crippen molar-refractivity contribution in [1.82, 2.24) is 34.8 Å². The Morgan fingerprint density at radius 2 is 0.815 bits per heavy atom. The summed E-state index contributed by atoms with van der Waals surface area (Å²) in [4.78, 5) is 122. The number of carbonyl (C=O) groups excluding carboxylic acids is 6. The summed E-state index contributed by atoms with van der Waals surface area (Å²) in [7, 11) is 14.4. The van der Waals surface area contributed by atoms with Crippen LogP contribution < -0.4 is 93.6 Å². The Labute approximate surface area is 719 Å². The molecule has 8 heterocycles. The summed E-state index contributed by atoms with van der Waals surface area (Å²) in [5, 5.41) is 12.5. The van der Waals surface area contributed by atoms with Crippen molar-refractivity contribution in [2.75, 3.05) is 183 Å². The van der Waals surface area contributed by atoms with Gasteiger partial charge in [0.15, 0.2) is 11.6 Å². The van der Waals surface area contributed by atoms with Crippen molar-refractivity contribution < 1.29 is 66.7 Å². The quantitative estimate of drug-likeness (QED) is 0.0316. The zero-order chi connectivity index (χ0) is 87.7. The molecule has 33 nitrogen and oxygen atoms in total. The molecule has 33 heteroatoms. The Morgan fingerprint density at radius 1 is 0.427 bits per heavy atom. The number of carbonyl (C=O) groups is 6. The van der Waals surface area contributed by atoms with Gasteiger partial charge in [0.25, 0.3) is 0 Å². The van der Waals surface area contributed by atoms with E-state index in [9.17, 15) is 28.8 Å². The highest BCUT2D eigenvalue weighted by Crippen LogP contribution is 2.41. The molecule has 5 aliphatic rings. The van der Waals surface area contributed by atoms with Gasteiger partial charge in [-0.1, -0.05) is 50.9 Å². The van der Waals surface area contributed by atoms with Gasteiger partial charge in [-0.05, 0) is 102 Å². The van der Waals surface area contributed by atoms with Crippen LogP contribution in [0.25, 0.3) is 0 Å². The molecule has 0 radical (unpaired) electrons. The van der Waals surface area contributed by atoms with E-state index in [1.54, 1.807) is 175 Å². The maximum atomic E-state index is 14.1. The number of ketones is 2. The van der Waals surface area contributed by atoms with Gasteiger partial charge in [-0.3, -0.25) is 43.8 Å². The summed E-state index contributed by atoms with van der Waals surface area (Å²) < 4.78 is 43.2. The topological polar surface area (TPSA) is 331 Å². The first-order valence-electron chi connectivity index (χ1n) is 39.9. The SMILES string of the molecule is C=CC(=O)Cc1cc(N2CCN(CC)CC2)ccc1Nc1ncc2c(n1)N(C)C(=O)N(c1cc(OC)cc(OC)c1)C2.C=CC(=O)Cc1cc(N2CCOCC2)ccc1Nc1ncc2c(n1)N(C)C(=O)N(c1cc(OC)cc(OC)c1)C2.C=CC(=O)Nc1ccccc1Nc1ncc2c(n1)N(Cc1ccc(OC)cc1)C(=O)N(c1cc(OC)cc(OC)c1)C2. The van der Waals surface area contributed by atoms with E-state index in [2.05, 4.69) is 94.7 Å². The number of amides is 7. The van der Waals surface area contributed by atoms with E-state index < -0.39 is 0 Å². The molecular weight excluding hydrogens is 1580 g/mol. The molecule has 7 amide bonds. The third-order valence-electron chi connectivity index (χ3n) is 21.4. The molecule has 0 saturated carbocycles. The summed E-state index contributed by atoms with van der Waals surface area (Å²) in [6, 6.07) is 41.8. The maximum Gasteiger partial charge on any atom is 0.330 e. The van der Waals surface area contributed by atoms with Gasteiger partial charge in [-0.2, -0.15) is 15.0 Å². The second kappa shape index (κ2) is 40.0. The lowest BCUT2D eigenvalue weighted by Crippen LogP contribution is -2.47. The van der Waals surface area contributed by atoms with Gasteiger partial charge in [-0.25, -0.2) is 29.3 Å². The monoisotopic (exact) mass is 1680 g/mol. The average Bonchev–Trinajstić information content (AvgIpc) is 0.752. The summed E-state index contributed by atoms with van der Waals surface area (Å²) >= 11 is 0. The van der Waals surface area contributed by atoms with E-state index >= 15 is 0 Å². The lowest BCUT2D eigenvalue weighted by Gasteiger charge is -2.36. The number of anilines is 15. The number of allylic oxidation sites excluding steroid dienone is 2. The first-order chi connectivity index (χ1) is 60.1. The van der Waals surface area contributed by atoms with E-state index in [1.165, 1.54) is 28.0 Å². The number of fused-ring (bicyclic) bond motifs is 3. The van der Waals surface area contributed by atoms with Crippen LogP contribution in [0.15, 0.2) is 196 Å². The van der Waals surface area contributed by atoms with Crippen LogP contribution in [0.5, 0.6) is 40.2 Å². The van der Waals surface area contributed by atoms with Crippen molar-refractivity contribution in [3.8, 4) is 40.2 Å². The number of para-hydroxylation sites is 2. The number of hydrogen-bond donors (Lipinski definition) is 4. The molecule has 7 aromatic carbocycles. The van der Waals surface area contributed by atoms with Gasteiger partial charge < -0.3 is 73.9 Å². The highest BCUT2D eigenvalue weighted by atomic mass is 16.5. The van der Waals surface area contributed by atoms with E-state index in [0.717, 1.165) is 96.3 Å². The van der Waals surface area contributed by atoms with Gasteiger partial charge in [0.1, 0.15) is 57.7 Å². The predicted octanol–water partition coefficient (Wildman–Crippen LogP) is 13.7. The number of nitrogens with zero attached hydrogens (tertiary/aromatic N) is 15. The Balaban J connectivity index is 0.000000160. The predicted molar refractivity (Wildman–Crippen MR) is 479 cm³/mol. The molecule has 124 heavy (non-hydrogen) atoms. The number of aromatic nitrogens is 6. The van der Waals surface area contributed by atoms with E-state index in [1.807, 2.05) is 54.6 Å². The number of urea groups is 3. The van der Waals surface area contributed by atoms with Crippen molar-refractivity contribution >= 4 is 122 Å². The highest BCUT2D eigenvalue weighted by molar-refractivity contribution is 6.08. The maximum absolute atomic E-state index is 14.1. The number of methoxy groups -OCH3 is 7. The van der Waals surface area contributed by atoms with Gasteiger partial charge in [0.2, 0.25) is 23.8 Å². The second-order valence-electron chi connectivity index (χ2n) is 29.0. The standard InChI is InChI=1S/C31H37N7O4.C31H30N6O5.C29H32N6O5/c1-6-25(39)15-21-14-23(37-12-10-36(7-2)11-13-37)8-9-28(21)33-30-32-19-22-20-38(31(40)35(3)29(22)34-30)24-16-26(41-4)18-27(17-24)42-5;1-5-28(38)33-26-8-6-7-9-27(26)34-30-32-17-21-19-36(22-14-24(41-3)16-25(15-22)42-4)31(39)37(29(21)35-30)18-20-10-12-23(40-2)13-11-20;1-5-23(36)13-19-12-21(34-8-10-40-11-9-34)6-7-26(19)31-28-30-17-20-18-35(29(37)33(2)27(20)32-28)22-14-24(38-3)16-25(15-22)39-4/h6,8-9,14,16-19H,1,7,10-13,15,20H2,2-5H3,(H,32,33,34);5-17H,1,18-19H2,2-4H3,(H,33,38)(H,32,34,35);5-7,12,14-17H,1,8-11,13,18H2,2-4H3,(H,30,31,32). The zero-order valence-corrected chi connectivity index (χ0v) is 70.9. The van der Waals surface area contributed by atoms with Crippen molar-refractivity contribution in [2.45, 2.75) is 45.9 Å². The third kappa shape index (κ3) is 20.4. The van der Waals surface area contributed by atoms with Crippen LogP contribution in [0.4, 0.5) is 101 Å². The minimum absolute atomic E-state index is 0.0723. The summed E-state index contributed by atoms with van der Waals surface area (Å²) in [5.41, 5.74) is 11.4. The van der Waals surface area contributed by atoms with Crippen LogP contribution >= 0.6 is 0 Å². The largest absolute Gasteiger partial charge is 0.497 e. The third-order valence-corrected chi connectivity index (χ3v) is 21.4. The van der Waals surface area contributed by atoms with Crippen LogP contribution in [0, 0.1) is 0 Å². The number of morpholine rings is 1. The Morgan fingerprint density at radius 3 is 1.22 bits per heavy atom. The number of rotatable bonds is 29. The zero-order valence-electron chi connectivity index (χ0n) is 70.9.